The number of nitrogens with one attached hydrogen (secondary N) is 1. The summed E-state index contributed by atoms with van der Waals surface area (Å²) in [4.78, 5) is 0. The fourth-order valence-corrected chi connectivity index (χ4v) is 2.48. The summed E-state index contributed by atoms with van der Waals surface area (Å²) >= 11 is 0. The smallest absolute Gasteiger partial charge is 0.123 e. The van der Waals surface area contributed by atoms with Crippen molar-refractivity contribution in [3.8, 4) is 5.75 Å². The Morgan fingerprint density at radius 3 is 2.60 bits per heavy atom. The lowest BCUT2D eigenvalue weighted by atomic mass is 10.2. The number of halogens is 1. The largest absolute Gasteiger partial charge is 0.489 e. The lowest BCUT2D eigenvalue weighted by molar-refractivity contribution is 0.225. The van der Waals surface area contributed by atoms with Crippen LogP contribution in [0.15, 0.2) is 71.3 Å². The van der Waals surface area contributed by atoms with Gasteiger partial charge in [0.15, 0.2) is 0 Å². The zero-order chi connectivity index (χ0) is 17.5. The van der Waals surface area contributed by atoms with Gasteiger partial charge in [0.2, 0.25) is 0 Å². The van der Waals surface area contributed by atoms with Gasteiger partial charge in [-0.05, 0) is 47.5 Å². The van der Waals surface area contributed by atoms with Gasteiger partial charge in [-0.1, -0.05) is 24.3 Å². The number of hydrogen-bond donors (Lipinski definition) is 2. The van der Waals surface area contributed by atoms with Crippen molar-refractivity contribution in [1.82, 2.24) is 5.32 Å². The second-order valence-electron chi connectivity index (χ2n) is 5.69. The van der Waals surface area contributed by atoms with Crippen LogP contribution in [0.5, 0.6) is 5.75 Å². The summed E-state index contributed by atoms with van der Waals surface area (Å²) in [5.41, 5.74) is 1.93. The molecule has 0 radical (unpaired) electrons. The van der Waals surface area contributed by atoms with Crippen LogP contribution in [0.3, 0.4) is 0 Å². The molecule has 0 saturated carbocycles. The van der Waals surface area contributed by atoms with E-state index in [1.807, 2.05) is 30.3 Å². The van der Waals surface area contributed by atoms with Crippen LogP contribution in [-0.4, -0.2) is 11.7 Å². The first-order valence-corrected chi connectivity index (χ1v) is 8.08. The molecule has 0 bridgehead atoms. The summed E-state index contributed by atoms with van der Waals surface area (Å²) in [7, 11) is 0. The zero-order valence-electron chi connectivity index (χ0n) is 13.7. The molecule has 2 N–H and O–H groups in total. The number of hydrogen-bond acceptors (Lipinski definition) is 4. The van der Waals surface area contributed by atoms with E-state index in [-0.39, 0.29) is 18.5 Å². The Morgan fingerprint density at radius 1 is 1.04 bits per heavy atom. The molecule has 0 fully saturated rings. The van der Waals surface area contributed by atoms with E-state index in [4.69, 9.17) is 9.15 Å². The predicted molar refractivity (Wildman–Crippen MR) is 92.5 cm³/mol. The van der Waals surface area contributed by atoms with Crippen LogP contribution < -0.4 is 10.1 Å². The summed E-state index contributed by atoms with van der Waals surface area (Å²) in [6.07, 6.45) is 1.59. The lowest BCUT2D eigenvalue weighted by Gasteiger charge is -2.14. The monoisotopic (exact) mass is 341 g/mol. The first-order chi connectivity index (χ1) is 12.2. The van der Waals surface area contributed by atoms with E-state index in [1.165, 1.54) is 12.1 Å². The van der Waals surface area contributed by atoms with Crippen molar-refractivity contribution >= 4 is 0 Å². The van der Waals surface area contributed by atoms with E-state index in [0.29, 0.717) is 18.9 Å². The summed E-state index contributed by atoms with van der Waals surface area (Å²) in [6.45, 7) is 0.900. The lowest BCUT2D eigenvalue weighted by Crippen LogP contribution is -2.23. The summed E-state index contributed by atoms with van der Waals surface area (Å²) in [6, 6.07) is 17.3. The van der Waals surface area contributed by atoms with E-state index in [9.17, 15) is 9.50 Å². The topological polar surface area (TPSA) is 54.6 Å². The maximum atomic E-state index is 12.9. The molecule has 130 valence electrons. The van der Waals surface area contributed by atoms with Gasteiger partial charge in [-0.25, -0.2) is 4.39 Å². The Kier molecular flexibility index (Phi) is 5.82. The van der Waals surface area contributed by atoms with E-state index >= 15 is 0 Å². The Balaban J connectivity index is 1.56. The number of aliphatic hydroxyl groups excluding tert-OH is 1. The van der Waals surface area contributed by atoms with E-state index in [1.54, 1.807) is 24.5 Å². The molecule has 1 aromatic heterocycles. The average molecular weight is 341 g/mol. The summed E-state index contributed by atoms with van der Waals surface area (Å²) in [5.74, 6) is 1.18. The van der Waals surface area contributed by atoms with Crippen LogP contribution in [0.4, 0.5) is 4.39 Å². The van der Waals surface area contributed by atoms with Crippen LogP contribution in [0.25, 0.3) is 0 Å². The highest BCUT2D eigenvalue weighted by Crippen LogP contribution is 2.17. The molecule has 0 saturated heterocycles. The van der Waals surface area contributed by atoms with E-state index in [0.717, 1.165) is 16.9 Å². The molecule has 1 heterocycles. The molecular formula is C20H20FNO3. The minimum atomic E-state index is -0.258. The van der Waals surface area contributed by atoms with Crippen molar-refractivity contribution in [1.29, 1.82) is 0 Å². The van der Waals surface area contributed by atoms with Crippen LogP contribution in [0.2, 0.25) is 0 Å². The fraction of sp³-hybridized carbons (Fsp3) is 0.200. The van der Waals surface area contributed by atoms with E-state index < -0.39 is 0 Å². The highest BCUT2D eigenvalue weighted by molar-refractivity contribution is 5.29. The standard InChI is InChI=1S/C20H20FNO3/c21-17-8-6-15(7-9-17)14-25-18-4-1-3-16(11-18)12-22-19(13-23)20-5-2-10-24-20/h1-11,19,22-23H,12-14H2. The number of aliphatic hydroxyl groups is 1. The minimum Gasteiger partial charge on any atom is -0.489 e. The Bertz CT molecular complexity index is 772. The molecule has 1 atom stereocenters. The van der Waals surface area contributed by atoms with Crippen LogP contribution >= 0.6 is 0 Å². The SMILES string of the molecule is OCC(NCc1cccc(OCc2ccc(F)cc2)c1)c1ccco1. The third kappa shape index (κ3) is 4.92. The van der Waals surface area contributed by atoms with Crippen molar-refractivity contribution in [3.63, 3.8) is 0 Å². The van der Waals surface area contributed by atoms with Crippen LogP contribution in [0, 0.1) is 5.82 Å². The summed E-state index contributed by atoms with van der Waals surface area (Å²) in [5, 5.41) is 12.7. The van der Waals surface area contributed by atoms with Gasteiger partial charge in [-0.2, -0.15) is 0 Å². The molecule has 3 aromatic rings. The fourth-order valence-electron chi connectivity index (χ4n) is 2.48. The molecule has 4 nitrogen and oxygen atoms in total. The second kappa shape index (κ2) is 8.46. The molecule has 0 aliphatic heterocycles. The Labute approximate surface area is 145 Å². The van der Waals surface area contributed by atoms with Crippen molar-refractivity contribution in [3.05, 3.63) is 89.6 Å². The highest BCUT2D eigenvalue weighted by Gasteiger charge is 2.12. The third-order valence-electron chi connectivity index (χ3n) is 3.84. The summed E-state index contributed by atoms with van der Waals surface area (Å²) < 4.78 is 24.0. The predicted octanol–water partition coefficient (Wildman–Crippen LogP) is 3.82. The number of benzene rings is 2. The van der Waals surface area contributed by atoms with E-state index in [2.05, 4.69) is 5.32 Å². The molecule has 0 spiro atoms. The number of ether oxygens (including phenoxy) is 1. The zero-order valence-corrected chi connectivity index (χ0v) is 13.7. The maximum absolute atomic E-state index is 12.9. The molecular weight excluding hydrogens is 321 g/mol. The van der Waals surface area contributed by atoms with Crippen molar-refractivity contribution in [2.75, 3.05) is 6.61 Å². The van der Waals surface area contributed by atoms with Gasteiger partial charge in [0.1, 0.15) is 23.9 Å². The first kappa shape index (κ1) is 17.2. The minimum absolute atomic E-state index is 0.0474. The quantitative estimate of drug-likeness (QED) is 0.654. The first-order valence-electron chi connectivity index (χ1n) is 8.08. The van der Waals surface area contributed by atoms with Gasteiger partial charge >= 0.3 is 0 Å². The van der Waals surface area contributed by atoms with Gasteiger partial charge in [-0.3, -0.25) is 0 Å². The van der Waals surface area contributed by atoms with Crippen molar-refractivity contribution in [2.45, 2.75) is 19.2 Å². The molecule has 25 heavy (non-hydrogen) atoms. The molecule has 0 amide bonds. The van der Waals surface area contributed by atoms with Gasteiger partial charge in [0.05, 0.1) is 18.9 Å². The van der Waals surface area contributed by atoms with Crippen LogP contribution in [-0.2, 0) is 13.2 Å². The maximum Gasteiger partial charge on any atom is 0.123 e. The normalized spacial score (nSPS) is 12.1. The number of furan rings is 1. The molecule has 5 heteroatoms. The second-order valence-corrected chi connectivity index (χ2v) is 5.69. The van der Waals surface area contributed by atoms with Gasteiger partial charge in [0.25, 0.3) is 0 Å². The van der Waals surface area contributed by atoms with Crippen molar-refractivity contribution in [2.24, 2.45) is 0 Å². The number of rotatable bonds is 8. The van der Waals surface area contributed by atoms with Crippen molar-refractivity contribution < 1.29 is 18.7 Å². The van der Waals surface area contributed by atoms with Gasteiger partial charge in [0, 0.05) is 6.54 Å². The molecule has 0 aliphatic rings. The van der Waals surface area contributed by atoms with Gasteiger partial charge < -0.3 is 19.6 Å². The highest BCUT2D eigenvalue weighted by atomic mass is 19.1. The van der Waals surface area contributed by atoms with Gasteiger partial charge in [-0.15, -0.1) is 0 Å². The Morgan fingerprint density at radius 2 is 1.88 bits per heavy atom. The Hall–Kier alpha value is -2.63. The molecule has 0 aliphatic carbocycles. The average Bonchev–Trinajstić information content (AvgIpc) is 3.17. The third-order valence-corrected chi connectivity index (χ3v) is 3.84. The molecule has 1 unspecified atom stereocenters. The molecule has 3 rings (SSSR count). The molecule has 2 aromatic carbocycles. The van der Waals surface area contributed by atoms with Crippen LogP contribution in [0.1, 0.15) is 22.9 Å².